The molecule has 20 heavy (non-hydrogen) atoms. The van der Waals surface area contributed by atoms with Gasteiger partial charge in [-0.1, -0.05) is 30.3 Å². The molecule has 0 aliphatic rings. The van der Waals surface area contributed by atoms with Gasteiger partial charge in [0.1, 0.15) is 0 Å². The summed E-state index contributed by atoms with van der Waals surface area (Å²) in [7, 11) is 0. The molecular formula is C16H17N3O. The first-order valence-electron chi connectivity index (χ1n) is 6.76. The number of pyridine rings is 1. The molecule has 0 fully saturated rings. The predicted molar refractivity (Wildman–Crippen MR) is 78.2 cm³/mol. The van der Waals surface area contributed by atoms with E-state index in [4.69, 9.17) is 10.2 Å². The molecule has 0 saturated carbocycles. The lowest BCUT2D eigenvalue weighted by Gasteiger charge is -2.06. The Morgan fingerprint density at radius 2 is 1.90 bits per heavy atom. The third-order valence-electron chi connectivity index (χ3n) is 3.31. The first-order valence-corrected chi connectivity index (χ1v) is 6.76. The summed E-state index contributed by atoms with van der Waals surface area (Å²) in [6.07, 6.45) is 1.71. The van der Waals surface area contributed by atoms with Crippen molar-refractivity contribution in [1.29, 1.82) is 0 Å². The van der Waals surface area contributed by atoms with Crippen LogP contribution in [-0.2, 0) is 6.42 Å². The minimum absolute atomic E-state index is 0.204. The highest BCUT2D eigenvalue weighted by atomic mass is 16.3. The van der Waals surface area contributed by atoms with Gasteiger partial charge in [0.15, 0.2) is 11.2 Å². The van der Waals surface area contributed by atoms with Crippen LogP contribution in [0.3, 0.4) is 0 Å². The van der Waals surface area contributed by atoms with Crippen LogP contribution in [0.2, 0.25) is 0 Å². The highest BCUT2D eigenvalue weighted by Crippen LogP contribution is 2.21. The number of aryl methyl sites for hydroxylation is 2. The molecular weight excluding hydrogens is 250 g/mol. The van der Waals surface area contributed by atoms with Crippen molar-refractivity contribution in [3.8, 4) is 0 Å². The van der Waals surface area contributed by atoms with E-state index in [9.17, 15) is 0 Å². The van der Waals surface area contributed by atoms with Gasteiger partial charge < -0.3 is 10.2 Å². The molecule has 2 heterocycles. The van der Waals surface area contributed by atoms with Gasteiger partial charge in [0.2, 0.25) is 5.89 Å². The topological polar surface area (TPSA) is 64.9 Å². The van der Waals surface area contributed by atoms with E-state index in [2.05, 4.69) is 22.1 Å². The number of nitrogens with two attached hydrogens (primary N) is 1. The third-order valence-corrected chi connectivity index (χ3v) is 3.31. The molecule has 0 aliphatic heterocycles. The first kappa shape index (κ1) is 12.8. The van der Waals surface area contributed by atoms with Crippen molar-refractivity contribution in [2.24, 2.45) is 5.73 Å². The molecule has 0 bridgehead atoms. The van der Waals surface area contributed by atoms with E-state index in [1.165, 1.54) is 5.56 Å². The van der Waals surface area contributed by atoms with Crippen molar-refractivity contribution in [1.82, 2.24) is 9.97 Å². The molecule has 1 atom stereocenters. The third kappa shape index (κ3) is 2.70. The number of nitrogens with zero attached hydrogens (tertiary/aromatic N) is 2. The van der Waals surface area contributed by atoms with Crippen molar-refractivity contribution in [3.05, 3.63) is 59.6 Å². The smallest absolute Gasteiger partial charge is 0.213 e. The first-order chi connectivity index (χ1) is 9.72. The number of oxazole rings is 1. The lowest BCUT2D eigenvalue weighted by Crippen LogP contribution is -2.11. The summed E-state index contributed by atoms with van der Waals surface area (Å²) >= 11 is 0. The maximum Gasteiger partial charge on any atom is 0.213 e. The van der Waals surface area contributed by atoms with Crippen LogP contribution in [0.4, 0.5) is 0 Å². The molecule has 2 N–H and O–H groups in total. The van der Waals surface area contributed by atoms with Crippen LogP contribution in [0.5, 0.6) is 0 Å². The number of fused-ring (bicyclic) bond motifs is 1. The number of aromatic nitrogens is 2. The number of benzene rings is 1. The average Bonchev–Trinajstić information content (AvgIpc) is 2.89. The van der Waals surface area contributed by atoms with Gasteiger partial charge in [-0.2, -0.15) is 4.98 Å². The fourth-order valence-electron chi connectivity index (χ4n) is 2.18. The van der Waals surface area contributed by atoms with Gasteiger partial charge in [0, 0.05) is 5.69 Å². The summed E-state index contributed by atoms with van der Waals surface area (Å²) in [5.74, 6) is 0.564. The van der Waals surface area contributed by atoms with Gasteiger partial charge in [-0.25, -0.2) is 4.98 Å². The molecule has 0 aliphatic carbocycles. The minimum Gasteiger partial charge on any atom is -0.437 e. The normalized spacial score (nSPS) is 12.7. The lowest BCUT2D eigenvalue weighted by atomic mass is 10.1. The Morgan fingerprint density at radius 1 is 1.10 bits per heavy atom. The molecule has 0 amide bonds. The molecule has 0 spiro atoms. The Bertz CT molecular complexity index is 706. The van der Waals surface area contributed by atoms with Gasteiger partial charge in [-0.15, -0.1) is 0 Å². The van der Waals surface area contributed by atoms with Crippen LogP contribution >= 0.6 is 0 Å². The van der Waals surface area contributed by atoms with Gasteiger partial charge in [0.05, 0.1) is 6.04 Å². The Hall–Kier alpha value is -2.20. The second-order valence-corrected chi connectivity index (χ2v) is 4.96. The highest BCUT2D eigenvalue weighted by Gasteiger charge is 2.14. The van der Waals surface area contributed by atoms with Gasteiger partial charge in [0.25, 0.3) is 0 Å². The maximum atomic E-state index is 6.16. The van der Waals surface area contributed by atoms with Gasteiger partial charge in [-0.3, -0.25) is 0 Å². The zero-order valence-electron chi connectivity index (χ0n) is 11.4. The average molecular weight is 267 g/mol. The molecule has 2 aromatic heterocycles. The van der Waals surface area contributed by atoms with E-state index in [0.717, 1.165) is 18.5 Å². The molecule has 0 saturated heterocycles. The molecule has 3 aromatic rings. The Balaban J connectivity index is 1.73. The van der Waals surface area contributed by atoms with Crippen LogP contribution in [0, 0.1) is 6.92 Å². The monoisotopic (exact) mass is 267 g/mol. The fourth-order valence-corrected chi connectivity index (χ4v) is 2.18. The number of hydrogen-bond donors (Lipinski definition) is 1. The van der Waals surface area contributed by atoms with Crippen molar-refractivity contribution < 1.29 is 4.42 Å². The quantitative estimate of drug-likeness (QED) is 0.788. The summed E-state index contributed by atoms with van der Waals surface area (Å²) in [5.41, 5.74) is 9.69. The van der Waals surface area contributed by atoms with Crippen LogP contribution in [0.15, 0.2) is 46.9 Å². The zero-order valence-corrected chi connectivity index (χ0v) is 11.4. The SMILES string of the molecule is Cc1ccc2oc(C(N)CCc3ccccc3)nc2n1. The zero-order chi connectivity index (χ0) is 13.9. The van der Waals surface area contributed by atoms with Gasteiger partial charge >= 0.3 is 0 Å². The molecule has 4 nitrogen and oxygen atoms in total. The van der Waals surface area contributed by atoms with Crippen LogP contribution in [0.25, 0.3) is 11.2 Å². The predicted octanol–water partition coefficient (Wildman–Crippen LogP) is 3.16. The van der Waals surface area contributed by atoms with Crippen LogP contribution in [-0.4, -0.2) is 9.97 Å². The molecule has 1 aromatic carbocycles. The van der Waals surface area contributed by atoms with Crippen LogP contribution in [0.1, 0.15) is 29.6 Å². The molecule has 102 valence electrons. The van der Waals surface area contributed by atoms with Crippen molar-refractivity contribution in [3.63, 3.8) is 0 Å². The lowest BCUT2D eigenvalue weighted by molar-refractivity contribution is 0.459. The molecule has 0 radical (unpaired) electrons. The van der Waals surface area contributed by atoms with E-state index >= 15 is 0 Å². The van der Waals surface area contributed by atoms with Crippen molar-refractivity contribution >= 4 is 11.2 Å². The largest absolute Gasteiger partial charge is 0.437 e. The van der Waals surface area contributed by atoms with E-state index in [1.54, 1.807) is 0 Å². The molecule has 4 heteroatoms. The summed E-state index contributed by atoms with van der Waals surface area (Å²) in [6.45, 7) is 1.93. The second-order valence-electron chi connectivity index (χ2n) is 4.96. The number of hydrogen-bond acceptors (Lipinski definition) is 4. The molecule has 3 rings (SSSR count). The number of rotatable bonds is 4. The summed E-state index contributed by atoms with van der Waals surface area (Å²) in [4.78, 5) is 8.72. The fraction of sp³-hybridized carbons (Fsp3) is 0.250. The van der Waals surface area contributed by atoms with E-state index < -0.39 is 0 Å². The van der Waals surface area contributed by atoms with E-state index in [1.807, 2.05) is 37.3 Å². The summed E-state index contributed by atoms with van der Waals surface area (Å²) < 4.78 is 5.67. The standard InChI is InChI=1S/C16H17N3O/c1-11-7-10-14-15(18-11)19-16(20-14)13(17)9-8-12-5-3-2-4-6-12/h2-7,10,13H,8-9,17H2,1H3. The van der Waals surface area contributed by atoms with Crippen molar-refractivity contribution in [2.45, 2.75) is 25.8 Å². The van der Waals surface area contributed by atoms with Crippen molar-refractivity contribution in [2.75, 3.05) is 0 Å². The minimum atomic E-state index is -0.204. The van der Waals surface area contributed by atoms with E-state index in [-0.39, 0.29) is 6.04 Å². The van der Waals surface area contributed by atoms with E-state index in [0.29, 0.717) is 17.1 Å². The van der Waals surface area contributed by atoms with Gasteiger partial charge in [-0.05, 0) is 37.5 Å². The maximum absolute atomic E-state index is 6.16. The molecule has 1 unspecified atom stereocenters. The summed E-state index contributed by atoms with van der Waals surface area (Å²) in [5, 5.41) is 0. The Kier molecular flexibility index (Phi) is 3.48. The Morgan fingerprint density at radius 3 is 2.70 bits per heavy atom. The summed E-state index contributed by atoms with van der Waals surface area (Å²) in [6, 6.07) is 13.9. The highest BCUT2D eigenvalue weighted by molar-refractivity contribution is 5.67. The van der Waals surface area contributed by atoms with Crippen LogP contribution < -0.4 is 5.73 Å². The Labute approximate surface area is 117 Å². The second kappa shape index (κ2) is 5.43.